The minimum atomic E-state index is -0.545. The van der Waals surface area contributed by atoms with E-state index >= 15 is 0 Å². The molecule has 2 aliphatic heterocycles. The van der Waals surface area contributed by atoms with E-state index < -0.39 is 5.60 Å². The van der Waals surface area contributed by atoms with Crippen molar-refractivity contribution in [1.29, 1.82) is 0 Å². The molecule has 1 saturated heterocycles. The highest BCUT2D eigenvalue weighted by Crippen LogP contribution is 2.74. The van der Waals surface area contributed by atoms with Crippen molar-refractivity contribution in [3.63, 3.8) is 0 Å². The summed E-state index contributed by atoms with van der Waals surface area (Å²) in [5.74, 6) is 1.18. The van der Waals surface area contributed by atoms with Crippen LogP contribution in [0.15, 0.2) is 24.3 Å². The average Bonchev–Trinajstić information content (AvgIpc) is 3.09. The number of phenolic OH excluding ortho intramolecular Hbond substituents is 1. The van der Waals surface area contributed by atoms with Crippen LogP contribution in [0.2, 0.25) is 0 Å². The molecule has 0 amide bonds. The van der Waals surface area contributed by atoms with Crippen molar-refractivity contribution in [2.45, 2.75) is 62.4 Å². The summed E-state index contributed by atoms with van der Waals surface area (Å²) in [6.45, 7) is 5.97. The predicted molar refractivity (Wildman–Crippen MR) is 109 cm³/mol. The van der Waals surface area contributed by atoms with E-state index in [1.165, 1.54) is 11.1 Å². The fourth-order valence-electron chi connectivity index (χ4n) is 8.02. The Morgan fingerprint density at radius 3 is 2.93 bits per heavy atom. The summed E-state index contributed by atoms with van der Waals surface area (Å²) < 4.78 is 19.2. The molecular formula is C24H31NO4. The van der Waals surface area contributed by atoms with Crippen LogP contribution in [0.4, 0.5) is 0 Å². The molecule has 4 bridgehead atoms. The summed E-state index contributed by atoms with van der Waals surface area (Å²) in [4.78, 5) is 2.55. The second kappa shape index (κ2) is 5.57. The van der Waals surface area contributed by atoms with Crippen LogP contribution in [-0.4, -0.2) is 61.2 Å². The zero-order valence-electron chi connectivity index (χ0n) is 17.8. The summed E-state index contributed by atoms with van der Waals surface area (Å²) in [7, 11) is 4.08. The van der Waals surface area contributed by atoms with E-state index in [0.717, 1.165) is 25.8 Å². The number of piperidine rings is 1. The molecule has 1 unspecified atom stereocenters. The SMILES string of the molecule is CCO[C@H](C)[C@@H]1C[C@@]23C=C[C@]1(OC)[C@H]1Oc4c(O)ccc5c4C12CCN(C)[C@@H]3C5. The third-order valence-corrected chi connectivity index (χ3v) is 9.12. The molecule has 2 fully saturated rings. The topological polar surface area (TPSA) is 51.2 Å². The summed E-state index contributed by atoms with van der Waals surface area (Å²) in [6, 6.07) is 4.35. The Labute approximate surface area is 172 Å². The van der Waals surface area contributed by atoms with Crippen LogP contribution in [0.25, 0.3) is 0 Å². The minimum Gasteiger partial charge on any atom is -0.504 e. The third-order valence-electron chi connectivity index (χ3n) is 9.12. The lowest BCUT2D eigenvalue weighted by atomic mass is 9.37. The van der Waals surface area contributed by atoms with E-state index in [4.69, 9.17) is 14.2 Å². The van der Waals surface area contributed by atoms with Gasteiger partial charge in [-0.3, -0.25) is 0 Å². The number of fused-ring (bicyclic) bond motifs is 1. The lowest BCUT2D eigenvalue weighted by Gasteiger charge is -2.71. The first-order valence-corrected chi connectivity index (χ1v) is 11.0. The first-order valence-electron chi connectivity index (χ1n) is 11.0. The van der Waals surface area contributed by atoms with Crippen molar-refractivity contribution >= 4 is 0 Å². The maximum absolute atomic E-state index is 10.7. The Morgan fingerprint density at radius 1 is 1.34 bits per heavy atom. The normalized spacial score (nSPS) is 44.5. The van der Waals surface area contributed by atoms with Crippen molar-refractivity contribution in [1.82, 2.24) is 4.90 Å². The smallest absolute Gasteiger partial charge is 0.165 e. The number of likely N-dealkylation sites (N-methyl/N-ethyl adjacent to an activating group) is 1. The van der Waals surface area contributed by atoms with E-state index in [9.17, 15) is 5.11 Å². The standard InChI is InChI=1S/C24H31NO4/c1-5-28-14(2)16-13-22-8-9-24(16,27-4)21-23(22)10-11-25(3)18(22)12-15-6-7-17(26)20(29-21)19(15)23/h6-9,14,16,18,21,26H,5,10-13H2,1-4H3/t14-,16+,18-,21+,22-,23?,24-/m1/s1. The molecule has 7 atom stereocenters. The molecule has 1 N–H and O–H groups in total. The van der Waals surface area contributed by atoms with Gasteiger partial charge >= 0.3 is 0 Å². The number of methoxy groups -OCH3 is 1. The maximum Gasteiger partial charge on any atom is 0.165 e. The Morgan fingerprint density at radius 2 is 2.17 bits per heavy atom. The Kier molecular flexibility index (Phi) is 3.50. The summed E-state index contributed by atoms with van der Waals surface area (Å²) in [5.41, 5.74) is 1.90. The molecule has 2 spiro atoms. The van der Waals surface area contributed by atoms with E-state index in [-0.39, 0.29) is 34.7 Å². The number of hydrogen-bond donors (Lipinski definition) is 1. The lowest BCUT2D eigenvalue weighted by Crippen LogP contribution is -2.79. The molecule has 29 heavy (non-hydrogen) atoms. The van der Waals surface area contributed by atoms with Crippen molar-refractivity contribution < 1.29 is 19.3 Å². The number of likely N-dealkylation sites (tertiary alicyclic amines) is 1. The predicted octanol–water partition coefficient (Wildman–Crippen LogP) is 3.04. The molecule has 1 saturated carbocycles. The summed E-state index contributed by atoms with van der Waals surface area (Å²) in [5, 5.41) is 10.7. The number of rotatable bonds is 4. The van der Waals surface area contributed by atoms with Gasteiger partial charge in [0, 0.05) is 36.7 Å². The molecule has 0 radical (unpaired) electrons. The van der Waals surface area contributed by atoms with E-state index in [2.05, 4.69) is 44.0 Å². The molecule has 5 nitrogen and oxygen atoms in total. The van der Waals surface area contributed by atoms with Crippen molar-refractivity contribution in [2.75, 3.05) is 27.3 Å². The Bertz CT molecular complexity index is 914. The second-order valence-corrected chi connectivity index (χ2v) is 9.77. The van der Waals surface area contributed by atoms with Crippen molar-refractivity contribution in [3.8, 4) is 11.5 Å². The zero-order chi connectivity index (χ0) is 20.2. The number of ether oxygens (including phenoxy) is 3. The molecule has 6 aliphatic rings. The van der Waals surface area contributed by atoms with Gasteiger partial charge in [-0.05, 0) is 58.3 Å². The van der Waals surface area contributed by atoms with Gasteiger partial charge < -0.3 is 24.2 Å². The highest BCUT2D eigenvalue weighted by atomic mass is 16.6. The number of hydrogen-bond acceptors (Lipinski definition) is 5. The van der Waals surface area contributed by atoms with Gasteiger partial charge in [-0.1, -0.05) is 18.2 Å². The number of phenols is 1. The van der Waals surface area contributed by atoms with Gasteiger partial charge in [0.05, 0.1) is 11.5 Å². The van der Waals surface area contributed by atoms with Crippen LogP contribution in [0.3, 0.4) is 0 Å². The van der Waals surface area contributed by atoms with Crippen LogP contribution in [0.5, 0.6) is 11.5 Å². The largest absolute Gasteiger partial charge is 0.504 e. The van der Waals surface area contributed by atoms with Crippen molar-refractivity contribution in [2.24, 2.45) is 11.3 Å². The fraction of sp³-hybridized carbons (Fsp3) is 0.667. The Hall–Kier alpha value is -1.56. The van der Waals surface area contributed by atoms with Gasteiger partial charge in [0.1, 0.15) is 11.7 Å². The molecule has 2 heterocycles. The minimum absolute atomic E-state index is 0.0208. The Balaban J connectivity index is 1.65. The number of nitrogens with zero attached hydrogens (tertiary/aromatic N) is 1. The van der Waals surface area contributed by atoms with Gasteiger partial charge in [0.15, 0.2) is 11.5 Å². The van der Waals surface area contributed by atoms with E-state index in [0.29, 0.717) is 18.4 Å². The first kappa shape index (κ1) is 18.2. The average molecular weight is 398 g/mol. The second-order valence-electron chi connectivity index (χ2n) is 9.77. The molecule has 156 valence electrons. The lowest BCUT2D eigenvalue weighted by molar-refractivity contribution is -0.232. The van der Waals surface area contributed by atoms with E-state index in [1.54, 1.807) is 0 Å². The fourth-order valence-corrected chi connectivity index (χ4v) is 8.02. The molecule has 1 aromatic rings. The summed E-state index contributed by atoms with van der Waals surface area (Å²) >= 11 is 0. The van der Waals surface area contributed by atoms with Gasteiger partial charge in [0.2, 0.25) is 0 Å². The van der Waals surface area contributed by atoms with Crippen LogP contribution in [-0.2, 0) is 21.3 Å². The molecule has 7 rings (SSSR count). The van der Waals surface area contributed by atoms with Crippen LogP contribution in [0.1, 0.15) is 37.8 Å². The quantitative estimate of drug-likeness (QED) is 0.792. The maximum atomic E-state index is 10.7. The van der Waals surface area contributed by atoms with Gasteiger partial charge in [0.25, 0.3) is 0 Å². The van der Waals surface area contributed by atoms with Crippen LogP contribution in [0, 0.1) is 11.3 Å². The number of aromatic hydroxyl groups is 1. The van der Waals surface area contributed by atoms with Crippen molar-refractivity contribution in [3.05, 3.63) is 35.4 Å². The van der Waals surface area contributed by atoms with Gasteiger partial charge in [-0.25, -0.2) is 0 Å². The summed E-state index contributed by atoms with van der Waals surface area (Å²) in [6.07, 6.45) is 7.75. The molecule has 1 aromatic carbocycles. The van der Waals surface area contributed by atoms with Gasteiger partial charge in [-0.2, -0.15) is 0 Å². The van der Waals surface area contributed by atoms with Gasteiger partial charge in [-0.15, -0.1) is 0 Å². The highest BCUT2D eigenvalue weighted by Gasteiger charge is 2.79. The third kappa shape index (κ3) is 1.77. The zero-order valence-corrected chi connectivity index (χ0v) is 17.8. The van der Waals surface area contributed by atoms with E-state index in [1.807, 2.05) is 13.2 Å². The number of benzene rings is 1. The van der Waals surface area contributed by atoms with Crippen LogP contribution < -0.4 is 4.74 Å². The molecule has 5 heteroatoms. The first-order chi connectivity index (χ1) is 13.9. The van der Waals surface area contributed by atoms with Crippen LogP contribution >= 0.6 is 0 Å². The molecule has 4 aliphatic carbocycles. The highest BCUT2D eigenvalue weighted by molar-refractivity contribution is 5.65. The molecular weight excluding hydrogens is 366 g/mol. The monoisotopic (exact) mass is 397 g/mol. The molecule has 0 aromatic heterocycles.